The van der Waals surface area contributed by atoms with Crippen LogP contribution in [0.25, 0.3) is 0 Å². The number of methoxy groups -OCH3 is 1. The highest BCUT2D eigenvalue weighted by atomic mass is 16.5. The molecular weight excluding hydrogens is 254 g/mol. The summed E-state index contributed by atoms with van der Waals surface area (Å²) in [5.41, 5.74) is 1.11. The first-order valence-electron chi connectivity index (χ1n) is 6.65. The molecule has 1 heterocycles. The van der Waals surface area contributed by atoms with Crippen LogP contribution in [0, 0.1) is 0 Å². The van der Waals surface area contributed by atoms with E-state index in [9.17, 15) is 0 Å². The minimum atomic E-state index is 0.126. The van der Waals surface area contributed by atoms with Gasteiger partial charge in [-0.2, -0.15) is 5.10 Å². The molecule has 2 aromatic rings. The molecule has 0 unspecified atom stereocenters. The van der Waals surface area contributed by atoms with Crippen LogP contribution < -0.4 is 14.8 Å². The van der Waals surface area contributed by atoms with E-state index in [4.69, 9.17) is 9.47 Å². The maximum Gasteiger partial charge on any atom is 0.161 e. The summed E-state index contributed by atoms with van der Waals surface area (Å²) in [5, 5.41) is 7.54. The molecular formula is C15H21N3O2. The van der Waals surface area contributed by atoms with Crippen molar-refractivity contribution in [3.63, 3.8) is 0 Å². The molecule has 108 valence electrons. The molecule has 0 amide bonds. The van der Waals surface area contributed by atoms with Gasteiger partial charge in [-0.15, -0.1) is 0 Å². The third-order valence-corrected chi connectivity index (χ3v) is 2.78. The molecule has 1 aromatic heterocycles. The highest BCUT2D eigenvalue weighted by Crippen LogP contribution is 2.29. The minimum absolute atomic E-state index is 0.126. The van der Waals surface area contributed by atoms with Gasteiger partial charge in [0, 0.05) is 25.9 Å². The maximum atomic E-state index is 5.70. The van der Waals surface area contributed by atoms with E-state index in [1.165, 1.54) is 0 Å². The Hall–Kier alpha value is -2.17. The summed E-state index contributed by atoms with van der Waals surface area (Å²) in [6.45, 7) is 4.68. The Balaban J connectivity index is 2.05. The topological polar surface area (TPSA) is 48.3 Å². The van der Waals surface area contributed by atoms with Gasteiger partial charge >= 0.3 is 0 Å². The molecule has 20 heavy (non-hydrogen) atoms. The monoisotopic (exact) mass is 275 g/mol. The van der Waals surface area contributed by atoms with Gasteiger partial charge in [-0.3, -0.25) is 4.68 Å². The van der Waals surface area contributed by atoms with Crippen LogP contribution in [0.2, 0.25) is 0 Å². The SMILES string of the molecule is COc1cc(CNc2ccn(C)n2)ccc1OC(C)C. The van der Waals surface area contributed by atoms with Crippen LogP contribution in [-0.2, 0) is 13.6 Å². The van der Waals surface area contributed by atoms with E-state index in [1.54, 1.807) is 11.8 Å². The Kier molecular flexibility index (Phi) is 4.50. The van der Waals surface area contributed by atoms with Gasteiger partial charge in [0.25, 0.3) is 0 Å². The first kappa shape index (κ1) is 14.2. The fraction of sp³-hybridized carbons (Fsp3) is 0.400. The van der Waals surface area contributed by atoms with Crippen molar-refractivity contribution in [2.45, 2.75) is 26.5 Å². The zero-order chi connectivity index (χ0) is 14.5. The quantitative estimate of drug-likeness (QED) is 0.880. The van der Waals surface area contributed by atoms with Crippen LogP contribution in [0.4, 0.5) is 5.82 Å². The molecule has 1 aromatic carbocycles. The third kappa shape index (κ3) is 3.66. The Morgan fingerprint density at radius 2 is 2.05 bits per heavy atom. The Labute approximate surface area is 119 Å². The van der Waals surface area contributed by atoms with Gasteiger partial charge in [-0.25, -0.2) is 0 Å². The average molecular weight is 275 g/mol. The van der Waals surface area contributed by atoms with Crippen LogP contribution in [0.15, 0.2) is 30.5 Å². The summed E-state index contributed by atoms with van der Waals surface area (Å²) in [5.74, 6) is 2.37. The van der Waals surface area contributed by atoms with Crippen molar-refractivity contribution in [3.8, 4) is 11.5 Å². The number of nitrogens with zero attached hydrogens (tertiary/aromatic N) is 2. The molecule has 0 aliphatic rings. The molecule has 0 aliphatic heterocycles. The highest BCUT2D eigenvalue weighted by molar-refractivity contribution is 5.44. The number of aryl methyl sites for hydroxylation is 1. The van der Waals surface area contributed by atoms with Crippen LogP contribution in [0.5, 0.6) is 11.5 Å². The largest absolute Gasteiger partial charge is 0.493 e. The second-order valence-electron chi connectivity index (χ2n) is 4.88. The molecule has 2 rings (SSSR count). The Bertz CT molecular complexity index is 564. The van der Waals surface area contributed by atoms with E-state index in [-0.39, 0.29) is 6.10 Å². The van der Waals surface area contributed by atoms with Gasteiger partial charge in [0.1, 0.15) is 5.82 Å². The lowest BCUT2D eigenvalue weighted by Crippen LogP contribution is -2.07. The number of benzene rings is 1. The van der Waals surface area contributed by atoms with Crippen LogP contribution >= 0.6 is 0 Å². The predicted molar refractivity (Wildman–Crippen MR) is 79.3 cm³/mol. The van der Waals surface area contributed by atoms with Crippen LogP contribution in [0.1, 0.15) is 19.4 Å². The molecule has 0 spiro atoms. The van der Waals surface area contributed by atoms with E-state index in [0.717, 1.165) is 22.9 Å². The Morgan fingerprint density at radius 3 is 2.65 bits per heavy atom. The molecule has 0 saturated carbocycles. The number of nitrogens with one attached hydrogen (secondary N) is 1. The Morgan fingerprint density at radius 1 is 1.25 bits per heavy atom. The van der Waals surface area contributed by atoms with Gasteiger partial charge < -0.3 is 14.8 Å². The number of hydrogen-bond acceptors (Lipinski definition) is 4. The second kappa shape index (κ2) is 6.32. The molecule has 0 bridgehead atoms. The summed E-state index contributed by atoms with van der Waals surface area (Å²) in [6, 6.07) is 7.88. The number of ether oxygens (including phenoxy) is 2. The van der Waals surface area contributed by atoms with Crippen molar-refractivity contribution in [1.82, 2.24) is 9.78 Å². The van der Waals surface area contributed by atoms with E-state index in [2.05, 4.69) is 10.4 Å². The maximum absolute atomic E-state index is 5.70. The smallest absolute Gasteiger partial charge is 0.161 e. The summed E-state index contributed by atoms with van der Waals surface area (Å²) >= 11 is 0. The minimum Gasteiger partial charge on any atom is -0.493 e. The van der Waals surface area contributed by atoms with Gasteiger partial charge in [0.15, 0.2) is 11.5 Å². The zero-order valence-corrected chi connectivity index (χ0v) is 12.4. The lowest BCUT2D eigenvalue weighted by molar-refractivity contribution is 0.230. The molecule has 0 atom stereocenters. The predicted octanol–water partition coefficient (Wildman–Crippen LogP) is 2.83. The van der Waals surface area contributed by atoms with E-state index >= 15 is 0 Å². The molecule has 0 radical (unpaired) electrons. The standard InChI is InChI=1S/C15H21N3O2/c1-11(2)20-13-6-5-12(9-14(13)19-4)10-16-15-7-8-18(3)17-15/h5-9,11H,10H2,1-4H3,(H,16,17). The molecule has 1 N–H and O–H groups in total. The lowest BCUT2D eigenvalue weighted by Gasteiger charge is -2.14. The number of aromatic nitrogens is 2. The summed E-state index contributed by atoms with van der Waals surface area (Å²) < 4.78 is 12.8. The van der Waals surface area contributed by atoms with Gasteiger partial charge in [-0.1, -0.05) is 6.07 Å². The first-order valence-corrected chi connectivity index (χ1v) is 6.65. The van der Waals surface area contributed by atoms with E-state index < -0.39 is 0 Å². The van der Waals surface area contributed by atoms with Gasteiger partial charge in [-0.05, 0) is 31.5 Å². The second-order valence-corrected chi connectivity index (χ2v) is 4.88. The van der Waals surface area contributed by atoms with Crippen molar-refractivity contribution >= 4 is 5.82 Å². The molecule has 5 nitrogen and oxygen atoms in total. The van der Waals surface area contributed by atoms with Crippen molar-refractivity contribution in [1.29, 1.82) is 0 Å². The summed E-state index contributed by atoms with van der Waals surface area (Å²) in [6.07, 6.45) is 2.03. The van der Waals surface area contributed by atoms with Crippen LogP contribution in [-0.4, -0.2) is 23.0 Å². The van der Waals surface area contributed by atoms with Crippen molar-refractivity contribution in [3.05, 3.63) is 36.0 Å². The van der Waals surface area contributed by atoms with Gasteiger partial charge in [0.05, 0.1) is 13.2 Å². The van der Waals surface area contributed by atoms with E-state index in [0.29, 0.717) is 6.54 Å². The fourth-order valence-corrected chi connectivity index (χ4v) is 1.88. The number of hydrogen-bond donors (Lipinski definition) is 1. The highest BCUT2D eigenvalue weighted by Gasteiger charge is 2.07. The van der Waals surface area contributed by atoms with E-state index in [1.807, 2.05) is 51.4 Å². The lowest BCUT2D eigenvalue weighted by atomic mass is 10.2. The van der Waals surface area contributed by atoms with Gasteiger partial charge in [0.2, 0.25) is 0 Å². The van der Waals surface area contributed by atoms with Crippen molar-refractivity contribution < 1.29 is 9.47 Å². The molecule has 5 heteroatoms. The molecule has 0 fully saturated rings. The number of rotatable bonds is 6. The molecule has 0 saturated heterocycles. The average Bonchev–Trinajstić information content (AvgIpc) is 2.83. The van der Waals surface area contributed by atoms with Crippen molar-refractivity contribution in [2.75, 3.05) is 12.4 Å². The zero-order valence-electron chi connectivity index (χ0n) is 12.4. The normalized spacial score (nSPS) is 10.7. The summed E-state index contributed by atoms with van der Waals surface area (Å²) in [7, 11) is 3.55. The first-order chi connectivity index (χ1) is 9.58. The number of anilines is 1. The summed E-state index contributed by atoms with van der Waals surface area (Å²) in [4.78, 5) is 0. The van der Waals surface area contributed by atoms with Crippen molar-refractivity contribution in [2.24, 2.45) is 7.05 Å². The van der Waals surface area contributed by atoms with Crippen LogP contribution in [0.3, 0.4) is 0 Å². The third-order valence-electron chi connectivity index (χ3n) is 2.78. The molecule has 0 aliphatic carbocycles. The fourth-order valence-electron chi connectivity index (χ4n) is 1.88.